The molecule has 0 radical (unpaired) electrons. The first-order valence-corrected chi connectivity index (χ1v) is 7.15. The minimum absolute atomic E-state index is 0.0131. The van der Waals surface area contributed by atoms with Crippen molar-refractivity contribution in [1.29, 1.82) is 0 Å². The number of aliphatic carboxylic acids is 1. The van der Waals surface area contributed by atoms with Gasteiger partial charge in [-0.05, 0) is 25.7 Å². The molecule has 2 rings (SSSR count). The highest BCUT2D eigenvalue weighted by Crippen LogP contribution is 2.39. The van der Waals surface area contributed by atoms with Gasteiger partial charge in [0.05, 0.1) is 31.1 Å². The lowest BCUT2D eigenvalue weighted by Gasteiger charge is -2.35. The molecule has 1 unspecified atom stereocenters. The Kier molecular flexibility index (Phi) is 4.45. The molecule has 1 saturated heterocycles. The van der Waals surface area contributed by atoms with Gasteiger partial charge in [-0.25, -0.2) is 0 Å². The van der Waals surface area contributed by atoms with Gasteiger partial charge in [-0.2, -0.15) is 0 Å². The monoisotopic (exact) mass is 269 g/mol. The fourth-order valence-electron chi connectivity index (χ4n) is 3.29. The number of amides is 1. The van der Waals surface area contributed by atoms with E-state index < -0.39 is 11.9 Å². The Morgan fingerprint density at radius 2 is 2.00 bits per heavy atom. The van der Waals surface area contributed by atoms with Crippen molar-refractivity contribution in [2.75, 3.05) is 19.8 Å². The Hall–Kier alpha value is -1.10. The normalized spacial score (nSPS) is 35.4. The highest BCUT2D eigenvalue weighted by Gasteiger charge is 2.44. The van der Waals surface area contributed by atoms with E-state index in [0.717, 1.165) is 12.8 Å². The standard InChI is InChI=1S/C14H23NO4/c1-3-10-6-11(12(7-10)14(17)18)13(16)15-4-5-19-8-9(15)2/h9-12H,3-8H2,1-2H3,(H,17,18)/t9-,10?,11+,12-/m1/s1. The number of hydrogen-bond donors (Lipinski definition) is 1. The quantitative estimate of drug-likeness (QED) is 0.840. The molecular formula is C14H23NO4. The lowest BCUT2D eigenvalue weighted by molar-refractivity contribution is -0.152. The van der Waals surface area contributed by atoms with E-state index >= 15 is 0 Å². The third-order valence-electron chi connectivity index (χ3n) is 4.52. The molecule has 5 heteroatoms. The van der Waals surface area contributed by atoms with Crippen LogP contribution in [-0.2, 0) is 14.3 Å². The molecule has 2 aliphatic rings. The van der Waals surface area contributed by atoms with Crippen LogP contribution in [0.1, 0.15) is 33.1 Å². The molecule has 1 amide bonds. The van der Waals surface area contributed by atoms with Gasteiger partial charge in [-0.3, -0.25) is 9.59 Å². The van der Waals surface area contributed by atoms with Crippen molar-refractivity contribution in [2.45, 2.75) is 39.2 Å². The number of carbonyl (C=O) groups excluding carboxylic acids is 1. The van der Waals surface area contributed by atoms with Gasteiger partial charge in [0.25, 0.3) is 0 Å². The van der Waals surface area contributed by atoms with Crippen LogP contribution in [0.25, 0.3) is 0 Å². The summed E-state index contributed by atoms with van der Waals surface area (Å²) in [7, 11) is 0. The largest absolute Gasteiger partial charge is 0.481 e. The van der Waals surface area contributed by atoms with Crippen LogP contribution in [0.5, 0.6) is 0 Å². The van der Waals surface area contributed by atoms with Crippen molar-refractivity contribution >= 4 is 11.9 Å². The number of rotatable bonds is 3. The first-order chi connectivity index (χ1) is 9.04. The van der Waals surface area contributed by atoms with Crippen LogP contribution < -0.4 is 0 Å². The van der Waals surface area contributed by atoms with Gasteiger partial charge in [0.1, 0.15) is 0 Å². The van der Waals surface area contributed by atoms with Crippen molar-refractivity contribution in [3.63, 3.8) is 0 Å². The summed E-state index contributed by atoms with van der Waals surface area (Å²) in [5, 5.41) is 9.31. The number of nitrogens with zero attached hydrogens (tertiary/aromatic N) is 1. The molecule has 1 aliphatic heterocycles. The lowest BCUT2D eigenvalue weighted by Crippen LogP contribution is -2.50. The molecule has 108 valence electrons. The molecule has 0 bridgehead atoms. The zero-order chi connectivity index (χ0) is 14.0. The maximum Gasteiger partial charge on any atom is 0.307 e. The molecular weight excluding hydrogens is 246 g/mol. The van der Waals surface area contributed by atoms with Crippen LogP contribution in [0.15, 0.2) is 0 Å². The topological polar surface area (TPSA) is 66.8 Å². The van der Waals surface area contributed by atoms with E-state index in [1.165, 1.54) is 0 Å². The second-order valence-corrected chi connectivity index (χ2v) is 5.75. The van der Waals surface area contributed by atoms with Gasteiger partial charge in [0.15, 0.2) is 0 Å². The minimum atomic E-state index is -0.824. The van der Waals surface area contributed by atoms with Crippen LogP contribution in [-0.4, -0.2) is 47.7 Å². The van der Waals surface area contributed by atoms with Gasteiger partial charge in [-0.1, -0.05) is 13.3 Å². The number of carboxylic acid groups (broad SMARTS) is 1. The van der Waals surface area contributed by atoms with E-state index in [4.69, 9.17) is 4.74 Å². The average molecular weight is 269 g/mol. The number of ether oxygens (including phenoxy) is 1. The second-order valence-electron chi connectivity index (χ2n) is 5.75. The van der Waals surface area contributed by atoms with Gasteiger partial charge in [-0.15, -0.1) is 0 Å². The van der Waals surface area contributed by atoms with E-state index in [-0.39, 0.29) is 17.9 Å². The zero-order valence-electron chi connectivity index (χ0n) is 11.7. The Labute approximate surface area is 113 Å². The highest BCUT2D eigenvalue weighted by atomic mass is 16.5. The van der Waals surface area contributed by atoms with E-state index in [2.05, 4.69) is 6.92 Å². The first-order valence-electron chi connectivity index (χ1n) is 7.15. The van der Waals surface area contributed by atoms with Crippen molar-refractivity contribution in [3.05, 3.63) is 0 Å². The van der Waals surface area contributed by atoms with Crippen molar-refractivity contribution in [3.8, 4) is 0 Å². The van der Waals surface area contributed by atoms with Gasteiger partial charge < -0.3 is 14.7 Å². The summed E-state index contributed by atoms with van der Waals surface area (Å²) in [6.45, 7) is 5.71. The molecule has 5 nitrogen and oxygen atoms in total. The average Bonchev–Trinajstić information content (AvgIpc) is 2.83. The van der Waals surface area contributed by atoms with Crippen LogP contribution in [0.3, 0.4) is 0 Å². The molecule has 0 aromatic rings. The first kappa shape index (κ1) is 14.3. The maximum atomic E-state index is 12.6. The number of carbonyl (C=O) groups is 2. The highest BCUT2D eigenvalue weighted by molar-refractivity contribution is 5.85. The summed E-state index contributed by atoms with van der Waals surface area (Å²) in [5.74, 6) is -1.30. The van der Waals surface area contributed by atoms with Crippen molar-refractivity contribution in [2.24, 2.45) is 17.8 Å². The maximum absolute atomic E-state index is 12.6. The van der Waals surface area contributed by atoms with E-state index in [0.29, 0.717) is 32.1 Å². The number of hydrogen-bond acceptors (Lipinski definition) is 3. The smallest absolute Gasteiger partial charge is 0.307 e. The summed E-state index contributed by atoms with van der Waals surface area (Å²) in [6.07, 6.45) is 2.31. The SMILES string of the molecule is CCC1C[C@H](C(=O)N2CCOC[C@H]2C)[C@H](C(=O)O)C1. The lowest BCUT2D eigenvalue weighted by atomic mass is 9.94. The molecule has 1 heterocycles. The molecule has 0 aromatic carbocycles. The molecule has 1 N–H and O–H groups in total. The zero-order valence-corrected chi connectivity index (χ0v) is 11.7. The van der Waals surface area contributed by atoms with Crippen molar-refractivity contribution in [1.82, 2.24) is 4.90 Å². The number of morpholine rings is 1. The molecule has 0 spiro atoms. The van der Waals surface area contributed by atoms with Crippen LogP contribution >= 0.6 is 0 Å². The van der Waals surface area contributed by atoms with E-state index in [9.17, 15) is 14.7 Å². The third-order valence-corrected chi connectivity index (χ3v) is 4.52. The Bertz CT molecular complexity index is 357. The van der Waals surface area contributed by atoms with Gasteiger partial charge >= 0.3 is 5.97 Å². The second kappa shape index (κ2) is 5.90. The Morgan fingerprint density at radius 3 is 2.58 bits per heavy atom. The van der Waals surface area contributed by atoms with E-state index in [1.807, 2.05) is 11.8 Å². The van der Waals surface area contributed by atoms with Crippen molar-refractivity contribution < 1.29 is 19.4 Å². The van der Waals surface area contributed by atoms with Crippen LogP contribution in [0, 0.1) is 17.8 Å². The molecule has 19 heavy (non-hydrogen) atoms. The molecule has 1 aliphatic carbocycles. The summed E-state index contributed by atoms with van der Waals surface area (Å²) < 4.78 is 5.33. The fraction of sp³-hybridized carbons (Fsp3) is 0.857. The molecule has 0 aromatic heterocycles. The summed E-state index contributed by atoms with van der Waals surface area (Å²) >= 11 is 0. The van der Waals surface area contributed by atoms with Crippen LogP contribution in [0.4, 0.5) is 0 Å². The third kappa shape index (κ3) is 2.91. The van der Waals surface area contributed by atoms with E-state index in [1.54, 1.807) is 0 Å². The number of carboxylic acids is 1. The summed E-state index contributed by atoms with van der Waals surface area (Å²) in [4.78, 5) is 25.7. The summed E-state index contributed by atoms with van der Waals surface area (Å²) in [5.41, 5.74) is 0. The van der Waals surface area contributed by atoms with Gasteiger partial charge in [0.2, 0.25) is 5.91 Å². The summed E-state index contributed by atoms with van der Waals surface area (Å²) in [6, 6.07) is 0.0522. The Balaban J connectivity index is 2.09. The predicted molar refractivity (Wildman–Crippen MR) is 69.6 cm³/mol. The Morgan fingerprint density at radius 1 is 1.32 bits per heavy atom. The molecule has 2 fully saturated rings. The fourth-order valence-corrected chi connectivity index (χ4v) is 3.29. The predicted octanol–water partition coefficient (Wildman–Crippen LogP) is 1.37. The van der Waals surface area contributed by atoms with Gasteiger partial charge in [0, 0.05) is 6.54 Å². The molecule has 4 atom stereocenters. The molecule has 1 saturated carbocycles. The van der Waals surface area contributed by atoms with Crippen LogP contribution in [0.2, 0.25) is 0 Å². The minimum Gasteiger partial charge on any atom is -0.481 e.